The number of rotatable bonds is 2. The molecule has 13 heavy (non-hydrogen) atoms. The van der Waals surface area contributed by atoms with Gasteiger partial charge in [-0.1, -0.05) is 0 Å². The molecule has 1 fully saturated rings. The van der Waals surface area contributed by atoms with Crippen LogP contribution in [0.5, 0.6) is 0 Å². The van der Waals surface area contributed by atoms with Gasteiger partial charge in [-0.3, -0.25) is 4.68 Å². The third kappa shape index (κ3) is 1.34. The van der Waals surface area contributed by atoms with Crippen molar-refractivity contribution in [2.75, 3.05) is 0 Å². The molecule has 2 N–H and O–H groups in total. The Morgan fingerprint density at radius 2 is 2.23 bits per heavy atom. The SMILES string of the molecule is OB(O)c1ccnn1C1CC1(F)F. The minimum Gasteiger partial charge on any atom is -0.422 e. The number of aromatic nitrogens is 2. The molecule has 1 saturated carbocycles. The Morgan fingerprint density at radius 3 is 2.69 bits per heavy atom. The van der Waals surface area contributed by atoms with Gasteiger partial charge in [0.15, 0.2) is 0 Å². The molecule has 0 spiro atoms. The van der Waals surface area contributed by atoms with Crippen LogP contribution in [0.15, 0.2) is 12.3 Å². The lowest BCUT2D eigenvalue weighted by atomic mass is 9.86. The van der Waals surface area contributed by atoms with Gasteiger partial charge in [-0.05, 0) is 6.07 Å². The summed E-state index contributed by atoms with van der Waals surface area (Å²) in [5, 5.41) is 21.2. The van der Waals surface area contributed by atoms with Crippen LogP contribution in [0.25, 0.3) is 0 Å². The lowest BCUT2D eigenvalue weighted by molar-refractivity contribution is 0.0988. The maximum atomic E-state index is 12.6. The summed E-state index contributed by atoms with van der Waals surface area (Å²) in [7, 11) is -1.75. The van der Waals surface area contributed by atoms with Gasteiger partial charge in [-0.15, -0.1) is 0 Å². The van der Waals surface area contributed by atoms with Crippen molar-refractivity contribution in [2.45, 2.75) is 18.4 Å². The summed E-state index contributed by atoms with van der Waals surface area (Å²) in [6.45, 7) is 0. The van der Waals surface area contributed by atoms with Gasteiger partial charge in [0, 0.05) is 12.6 Å². The molecule has 70 valence electrons. The molecule has 1 aliphatic carbocycles. The second-order valence-electron chi connectivity index (χ2n) is 3.06. The molecule has 1 aliphatic rings. The van der Waals surface area contributed by atoms with E-state index in [4.69, 9.17) is 10.0 Å². The fraction of sp³-hybridized carbons (Fsp3) is 0.500. The summed E-state index contributed by atoms with van der Waals surface area (Å²) >= 11 is 0. The van der Waals surface area contributed by atoms with Gasteiger partial charge in [-0.25, -0.2) is 8.78 Å². The lowest BCUT2D eigenvalue weighted by Crippen LogP contribution is -2.37. The highest BCUT2D eigenvalue weighted by Crippen LogP contribution is 2.51. The molecule has 1 atom stereocenters. The van der Waals surface area contributed by atoms with Crippen LogP contribution >= 0.6 is 0 Å². The average molecular weight is 188 g/mol. The minimum atomic E-state index is -2.75. The Balaban J connectivity index is 2.27. The first kappa shape index (κ1) is 8.64. The van der Waals surface area contributed by atoms with Gasteiger partial charge in [0.25, 0.3) is 5.92 Å². The van der Waals surface area contributed by atoms with Gasteiger partial charge >= 0.3 is 7.12 Å². The fourth-order valence-electron chi connectivity index (χ4n) is 1.25. The van der Waals surface area contributed by atoms with E-state index in [1.807, 2.05) is 0 Å². The zero-order chi connectivity index (χ0) is 9.64. The second-order valence-corrected chi connectivity index (χ2v) is 3.06. The smallest absolute Gasteiger partial charge is 0.422 e. The Labute approximate surface area is 72.9 Å². The summed E-state index contributed by atoms with van der Waals surface area (Å²) < 4.78 is 26.1. The standard InChI is InChI=1S/C6H7BF2N2O2/c8-6(9)3-4(6)11-5(7(12)13)1-2-10-11/h1-2,4,12-13H,3H2. The van der Waals surface area contributed by atoms with Crippen molar-refractivity contribution in [3.05, 3.63) is 12.3 Å². The first-order chi connectivity index (χ1) is 6.02. The molecule has 1 aromatic rings. The minimum absolute atomic E-state index is 0.00201. The van der Waals surface area contributed by atoms with Crippen LogP contribution < -0.4 is 5.59 Å². The second kappa shape index (κ2) is 2.52. The predicted octanol–water partition coefficient (Wildman–Crippen LogP) is -0.857. The van der Waals surface area contributed by atoms with Gasteiger partial charge in [0.05, 0.1) is 5.59 Å². The molecule has 7 heteroatoms. The molecule has 0 aliphatic heterocycles. The molecular weight excluding hydrogens is 181 g/mol. The van der Waals surface area contributed by atoms with Crippen LogP contribution in [0, 0.1) is 0 Å². The van der Waals surface area contributed by atoms with Crippen LogP contribution in [0.4, 0.5) is 8.78 Å². The third-order valence-corrected chi connectivity index (χ3v) is 2.05. The number of halogens is 2. The molecule has 0 saturated heterocycles. The predicted molar refractivity (Wildman–Crippen MR) is 40.7 cm³/mol. The third-order valence-electron chi connectivity index (χ3n) is 2.05. The topological polar surface area (TPSA) is 58.3 Å². The zero-order valence-electron chi connectivity index (χ0n) is 6.56. The van der Waals surface area contributed by atoms with E-state index in [2.05, 4.69) is 5.10 Å². The summed E-state index contributed by atoms with van der Waals surface area (Å²) in [5.74, 6) is -2.75. The Kier molecular flexibility index (Phi) is 1.68. The number of hydrogen-bond donors (Lipinski definition) is 2. The van der Waals surface area contributed by atoms with Crippen LogP contribution in [-0.2, 0) is 0 Å². The molecule has 4 nitrogen and oxygen atoms in total. The van der Waals surface area contributed by atoms with Gasteiger partial charge in [0.2, 0.25) is 0 Å². The van der Waals surface area contributed by atoms with Crippen LogP contribution in [0.2, 0.25) is 0 Å². The van der Waals surface area contributed by atoms with Crippen LogP contribution in [0.3, 0.4) is 0 Å². The van der Waals surface area contributed by atoms with Crippen molar-refractivity contribution in [1.82, 2.24) is 9.78 Å². The molecule has 0 radical (unpaired) electrons. The molecule has 1 unspecified atom stereocenters. The fourth-order valence-corrected chi connectivity index (χ4v) is 1.25. The van der Waals surface area contributed by atoms with Crippen molar-refractivity contribution < 1.29 is 18.8 Å². The largest absolute Gasteiger partial charge is 0.507 e. The molecule has 0 amide bonds. The molecule has 0 aromatic carbocycles. The van der Waals surface area contributed by atoms with Gasteiger partial charge in [0.1, 0.15) is 6.04 Å². The van der Waals surface area contributed by atoms with E-state index >= 15 is 0 Å². The van der Waals surface area contributed by atoms with Crippen molar-refractivity contribution >= 4 is 12.7 Å². The van der Waals surface area contributed by atoms with E-state index in [1.165, 1.54) is 12.3 Å². The normalized spacial score (nSPS) is 24.5. The Hall–Kier alpha value is -0.945. The van der Waals surface area contributed by atoms with Crippen molar-refractivity contribution in [1.29, 1.82) is 0 Å². The molecule has 1 aromatic heterocycles. The van der Waals surface area contributed by atoms with E-state index in [0.717, 1.165) is 4.68 Å². The monoisotopic (exact) mass is 188 g/mol. The lowest BCUT2D eigenvalue weighted by Gasteiger charge is -2.04. The molecule has 0 bridgehead atoms. The van der Waals surface area contributed by atoms with E-state index < -0.39 is 19.1 Å². The van der Waals surface area contributed by atoms with Crippen LogP contribution in [-0.4, -0.2) is 32.9 Å². The first-order valence-corrected chi connectivity index (χ1v) is 3.80. The number of alkyl halides is 2. The average Bonchev–Trinajstić information content (AvgIpc) is 2.49. The first-order valence-electron chi connectivity index (χ1n) is 3.80. The van der Waals surface area contributed by atoms with Crippen molar-refractivity contribution in [2.24, 2.45) is 0 Å². The van der Waals surface area contributed by atoms with E-state index in [9.17, 15) is 8.78 Å². The maximum Gasteiger partial charge on any atom is 0.507 e. The number of nitrogens with zero attached hydrogens (tertiary/aromatic N) is 2. The maximum absolute atomic E-state index is 12.6. The van der Waals surface area contributed by atoms with Crippen molar-refractivity contribution in [3.63, 3.8) is 0 Å². The summed E-state index contributed by atoms with van der Waals surface area (Å²) in [5.41, 5.74) is 0.00201. The highest BCUT2D eigenvalue weighted by molar-refractivity contribution is 6.57. The van der Waals surface area contributed by atoms with Crippen LogP contribution in [0.1, 0.15) is 12.5 Å². The molecular formula is C6H7BF2N2O2. The molecule has 1 heterocycles. The highest BCUT2D eigenvalue weighted by atomic mass is 19.3. The van der Waals surface area contributed by atoms with E-state index in [1.54, 1.807) is 0 Å². The van der Waals surface area contributed by atoms with Gasteiger partial charge in [-0.2, -0.15) is 5.10 Å². The van der Waals surface area contributed by atoms with E-state index in [0.29, 0.717) is 0 Å². The van der Waals surface area contributed by atoms with Gasteiger partial charge < -0.3 is 10.0 Å². The Bertz CT molecular complexity index is 328. The zero-order valence-corrected chi connectivity index (χ0v) is 6.56. The quantitative estimate of drug-likeness (QED) is 0.593. The molecule has 2 rings (SSSR count). The highest BCUT2D eigenvalue weighted by Gasteiger charge is 2.59. The summed E-state index contributed by atoms with van der Waals surface area (Å²) in [6, 6.07) is 0.290. The van der Waals surface area contributed by atoms with E-state index in [-0.39, 0.29) is 12.0 Å². The number of hydrogen-bond acceptors (Lipinski definition) is 3. The summed E-state index contributed by atoms with van der Waals surface area (Å²) in [6.07, 6.45) is 0.984. The Morgan fingerprint density at radius 1 is 1.62 bits per heavy atom. The summed E-state index contributed by atoms with van der Waals surface area (Å²) in [4.78, 5) is 0. The van der Waals surface area contributed by atoms with Crippen molar-refractivity contribution in [3.8, 4) is 0 Å².